The van der Waals surface area contributed by atoms with Crippen LogP contribution in [0.2, 0.25) is 0 Å². The lowest BCUT2D eigenvalue weighted by Gasteiger charge is -2.18. The van der Waals surface area contributed by atoms with Crippen molar-refractivity contribution in [2.75, 3.05) is 18.5 Å². The van der Waals surface area contributed by atoms with Crippen LogP contribution in [0, 0.1) is 11.8 Å². The maximum Gasteiger partial charge on any atom is 0.307 e. The predicted molar refractivity (Wildman–Crippen MR) is 101 cm³/mol. The van der Waals surface area contributed by atoms with Crippen LogP contribution in [0.1, 0.15) is 25.8 Å². The van der Waals surface area contributed by atoms with Crippen molar-refractivity contribution >= 4 is 17.5 Å². The highest BCUT2D eigenvalue weighted by molar-refractivity contribution is 5.70. The van der Waals surface area contributed by atoms with Crippen LogP contribution in [0.3, 0.4) is 0 Å². The molecule has 1 atom stereocenters. The smallest absolute Gasteiger partial charge is 0.307 e. The molecule has 1 unspecified atom stereocenters. The molecule has 0 fully saturated rings. The molecule has 0 bridgehead atoms. The van der Waals surface area contributed by atoms with Gasteiger partial charge in [-0.05, 0) is 36.1 Å². The number of aromatic nitrogens is 1. The lowest BCUT2D eigenvalue weighted by atomic mass is 9.97. The summed E-state index contributed by atoms with van der Waals surface area (Å²) < 4.78 is 0. The molecular formula is C20H27N3O2. The van der Waals surface area contributed by atoms with Crippen molar-refractivity contribution in [3.8, 4) is 0 Å². The van der Waals surface area contributed by atoms with Crippen LogP contribution in [0.4, 0.5) is 11.5 Å². The van der Waals surface area contributed by atoms with Gasteiger partial charge >= 0.3 is 5.97 Å². The molecule has 0 radical (unpaired) electrons. The highest BCUT2D eigenvalue weighted by Crippen LogP contribution is 2.20. The lowest BCUT2D eigenvalue weighted by molar-refractivity contribution is -0.142. The van der Waals surface area contributed by atoms with Gasteiger partial charge in [-0.15, -0.1) is 0 Å². The number of nitrogens with one attached hydrogen (secondary N) is 1. The van der Waals surface area contributed by atoms with Gasteiger partial charge in [0.25, 0.3) is 0 Å². The molecule has 25 heavy (non-hydrogen) atoms. The summed E-state index contributed by atoms with van der Waals surface area (Å²) >= 11 is 0. The van der Waals surface area contributed by atoms with E-state index in [0.717, 1.165) is 17.1 Å². The number of pyridine rings is 1. The first-order chi connectivity index (χ1) is 12.0. The Morgan fingerprint density at radius 3 is 2.48 bits per heavy atom. The van der Waals surface area contributed by atoms with Crippen LogP contribution in [0.15, 0.2) is 48.7 Å². The quantitative estimate of drug-likeness (QED) is 0.728. The molecule has 1 aromatic heterocycles. The van der Waals surface area contributed by atoms with Gasteiger partial charge in [-0.3, -0.25) is 4.79 Å². The van der Waals surface area contributed by atoms with Crippen molar-refractivity contribution in [3.05, 3.63) is 54.2 Å². The summed E-state index contributed by atoms with van der Waals surface area (Å²) in [5, 5.41) is 12.5. The summed E-state index contributed by atoms with van der Waals surface area (Å²) in [6.45, 7) is 5.17. The number of carboxylic acid groups (broad SMARTS) is 1. The van der Waals surface area contributed by atoms with Crippen molar-refractivity contribution in [2.24, 2.45) is 11.8 Å². The lowest BCUT2D eigenvalue weighted by Crippen LogP contribution is -2.29. The molecule has 2 aromatic rings. The highest BCUT2D eigenvalue weighted by atomic mass is 16.4. The molecule has 0 saturated heterocycles. The van der Waals surface area contributed by atoms with Gasteiger partial charge in [-0.25, -0.2) is 4.98 Å². The summed E-state index contributed by atoms with van der Waals surface area (Å²) in [5.74, 6) is 0.158. The number of para-hydroxylation sites is 1. The van der Waals surface area contributed by atoms with Gasteiger partial charge in [0, 0.05) is 32.0 Å². The fourth-order valence-corrected chi connectivity index (χ4v) is 2.73. The molecule has 0 saturated carbocycles. The number of aliphatic carboxylic acids is 1. The molecule has 5 heteroatoms. The average Bonchev–Trinajstić information content (AvgIpc) is 2.61. The van der Waals surface area contributed by atoms with Gasteiger partial charge < -0.3 is 15.3 Å². The monoisotopic (exact) mass is 341 g/mol. The van der Waals surface area contributed by atoms with Crippen molar-refractivity contribution in [1.82, 2.24) is 10.3 Å². The molecule has 0 aliphatic rings. The molecule has 5 nitrogen and oxygen atoms in total. The first-order valence-corrected chi connectivity index (χ1v) is 8.64. The summed E-state index contributed by atoms with van der Waals surface area (Å²) in [5.41, 5.74) is 2.12. The normalized spacial score (nSPS) is 12.2. The minimum atomic E-state index is -0.737. The summed E-state index contributed by atoms with van der Waals surface area (Å²) in [6, 6.07) is 14.1. The van der Waals surface area contributed by atoms with Crippen LogP contribution in [0.25, 0.3) is 0 Å². The molecule has 134 valence electrons. The van der Waals surface area contributed by atoms with Gasteiger partial charge in [0.2, 0.25) is 0 Å². The summed E-state index contributed by atoms with van der Waals surface area (Å²) in [7, 11) is 1.99. The first kappa shape index (κ1) is 18.9. The zero-order chi connectivity index (χ0) is 18.2. The van der Waals surface area contributed by atoms with E-state index in [9.17, 15) is 9.90 Å². The maximum atomic E-state index is 11.3. The Labute approximate surface area is 149 Å². The van der Waals surface area contributed by atoms with E-state index in [1.165, 1.54) is 0 Å². The molecular weight excluding hydrogens is 314 g/mol. The number of benzene rings is 1. The standard InChI is InChI=1S/C20H27N3O2/c1-15(2)11-17(20(24)25)14-21-12-16-9-10-19(22-13-16)23(3)18-7-5-4-6-8-18/h4-10,13,15,17,21H,11-12,14H2,1-3H3,(H,24,25). The topological polar surface area (TPSA) is 65.5 Å². The SMILES string of the molecule is CC(C)CC(CNCc1ccc(N(C)c2ccccc2)nc1)C(=O)O. The zero-order valence-electron chi connectivity index (χ0n) is 15.1. The third-order valence-electron chi connectivity index (χ3n) is 4.12. The highest BCUT2D eigenvalue weighted by Gasteiger charge is 2.18. The van der Waals surface area contributed by atoms with Crippen LogP contribution >= 0.6 is 0 Å². The van der Waals surface area contributed by atoms with Crippen LogP contribution in [-0.2, 0) is 11.3 Å². The average molecular weight is 341 g/mol. The Kier molecular flexibility index (Phi) is 6.95. The molecule has 0 amide bonds. The van der Waals surface area contributed by atoms with Gasteiger partial charge in [-0.1, -0.05) is 38.1 Å². The van der Waals surface area contributed by atoms with Gasteiger partial charge in [-0.2, -0.15) is 0 Å². The molecule has 2 N–H and O–H groups in total. The molecule has 0 aliphatic heterocycles. The van der Waals surface area contributed by atoms with E-state index < -0.39 is 5.97 Å². The minimum absolute atomic E-state index is 0.351. The molecule has 0 aliphatic carbocycles. The molecule has 1 heterocycles. The van der Waals surface area contributed by atoms with E-state index in [-0.39, 0.29) is 5.92 Å². The second kappa shape index (κ2) is 9.18. The fraction of sp³-hybridized carbons (Fsp3) is 0.400. The van der Waals surface area contributed by atoms with Gasteiger partial charge in [0.05, 0.1) is 5.92 Å². The van der Waals surface area contributed by atoms with Gasteiger partial charge in [0.15, 0.2) is 0 Å². The van der Waals surface area contributed by atoms with E-state index in [1.54, 1.807) is 0 Å². The second-order valence-corrected chi connectivity index (χ2v) is 6.71. The van der Waals surface area contributed by atoms with Crippen molar-refractivity contribution < 1.29 is 9.90 Å². The molecule has 0 spiro atoms. The number of rotatable bonds is 9. The molecule has 2 rings (SSSR count). The van der Waals surface area contributed by atoms with Crippen LogP contribution in [-0.4, -0.2) is 29.7 Å². The third kappa shape index (κ3) is 5.87. The van der Waals surface area contributed by atoms with Crippen LogP contribution < -0.4 is 10.2 Å². The fourth-order valence-electron chi connectivity index (χ4n) is 2.73. The Morgan fingerprint density at radius 1 is 1.20 bits per heavy atom. The Morgan fingerprint density at radius 2 is 1.92 bits per heavy atom. The minimum Gasteiger partial charge on any atom is -0.481 e. The maximum absolute atomic E-state index is 11.3. The van der Waals surface area contributed by atoms with E-state index in [4.69, 9.17) is 0 Å². The zero-order valence-corrected chi connectivity index (χ0v) is 15.1. The Hall–Kier alpha value is -2.40. The van der Waals surface area contributed by atoms with Crippen LogP contribution in [0.5, 0.6) is 0 Å². The second-order valence-electron chi connectivity index (χ2n) is 6.71. The summed E-state index contributed by atoms with van der Waals surface area (Å²) in [4.78, 5) is 17.8. The summed E-state index contributed by atoms with van der Waals surface area (Å²) in [6.07, 6.45) is 2.52. The largest absolute Gasteiger partial charge is 0.481 e. The Bertz CT molecular complexity index is 656. The van der Waals surface area contributed by atoms with Crippen molar-refractivity contribution in [1.29, 1.82) is 0 Å². The first-order valence-electron chi connectivity index (χ1n) is 8.64. The third-order valence-corrected chi connectivity index (χ3v) is 4.12. The van der Waals surface area contributed by atoms with Gasteiger partial charge in [0.1, 0.15) is 5.82 Å². The van der Waals surface area contributed by atoms with E-state index in [2.05, 4.69) is 10.3 Å². The number of carboxylic acids is 1. The molecule has 1 aromatic carbocycles. The van der Waals surface area contributed by atoms with E-state index >= 15 is 0 Å². The number of hydrogen-bond donors (Lipinski definition) is 2. The number of hydrogen-bond acceptors (Lipinski definition) is 4. The van der Waals surface area contributed by atoms with E-state index in [1.807, 2.05) is 74.5 Å². The number of nitrogens with zero attached hydrogens (tertiary/aromatic N) is 2. The number of carbonyl (C=O) groups is 1. The van der Waals surface area contributed by atoms with Crippen molar-refractivity contribution in [2.45, 2.75) is 26.8 Å². The van der Waals surface area contributed by atoms with Crippen molar-refractivity contribution in [3.63, 3.8) is 0 Å². The number of anilines is 2. The predicted octanol–water partition coefficient (Wildman–Crippen LogP) is 3.69. The Balaban J connectivity index is 1.89. The van der Waals surface area contributed by atoms with E-state index in [0.29, 0.717) is 25.4 Å².